The standard InChI is InChI=1S/C21H22N4O2/c1-3-19-22-17-9-4-5-10-18(17)25(19)14-21(27)24-23-20(26)12-11-16-8-6-7-15(2)13-16/h4-13H,3,14H2,1-2H3,(H,23,26)(H,24,27)/b12-11+. The van der Waals surface area contributed by atoms with E-state index in [1.165, 1.54) is 6.08 Å². The van der Waals surface area contributed by atoms with E-state index in [4.69, 9.17) is 0 Å². The van der Waals surface area contributed by atoms with E-state index < -0.39 is 5.91 Å². The number of hydrazine groups is 1. The number of aryl methyl sites for hydroxylation is 2. The molecule has 0 fully saturated rings. The predicted molar refractivity (Wildman–Crippen MR) is 106 cm³/mol. The Bertz CT molecular complexity index is 1000. The molecule has 0 aliphatic carbocycles. The Kier molecular flexibility index (Phi) is 5.66. The number of nitrogens with zero attached hydrogens (tertiary/aromatic N) is 2. The van der Waals surface area contributed by atoms with Gasteiger partial charge in [0.25, 0.3) is 11.8 Å². The second kappa shape index (κ2) is 8.31. The molecule has 2 N–H and O–H groups in total. The largest absolute Gasteiger partial charge is 0.318 e. The Balaban J connectivity index is 1.59. The first-order valence-electron chi connectivity index (χ1n) is 8.84. The topological polar surface area (TPSA) is 76.0 Å². The van der Waals surface area contributed by atoms with Crippen molar-refractivity contribution in [3.05, 3.63) is 71.6 Å². The maximum absolute atomic E-state index is 12.2. The van der Waals surface area contributed by atoms with Crippen LogP contribution in [-0.2, 0) is 22.6 Å². The molecule has 2 aromatic carbocycles. The quantitative estimate of drug-likeness (QED) is 0.541. The molecule has 0 aliphatic rings. The number of carbonyl (C=O) groups excluding carboxylic acids is 2. The molecule has 0 spiro atoms. The van der Waals surface area contributed by atoms with Gasteiger partial charge in [0.15, 0.2) is 0 Å². The number of benzene rings is 2. The van der Waals surface area contributed by atoms with E-state index >= 15 is 0 Å². The maximum Gasteiger partial charge on any atom is 0.262 e. The average Bonchev–Trinajstić information content (AvgIpc) is 3.02. The molecule has 6 heteroatoms. The highest BCUT2D eigenvalue weighted by Crippen LogP contribution is 2.16. The third-order valence-corrected chi connectivity index (χ3v) is 4.15. The molecule has 0 radical (unpaired) electrons. The summed E-state index contributed by atoms with van der Waals surface area (Å²) in [4.78, 5) is 28.7. The van der Waals surface area contributed by atoms with Crippen molar-refractivity contribution in [3.8, 4) is 0 Å². The summed E-state index contributed by atoms with van der Waals surface area (Å²) in [5.74, 6) is 0.123. The van der Waals surface area contributed by atoms with Crippen LogP contribution in [0, 0.1) is 6.92 Å². The van der Waals surface area contributed by atoms with Crippen LogP contribution in [-0.4, -0.2) is 21.4 Å². The van der Waals surface area contributed by atoms with Crippen LogP contribution in [0.15, 0.2) is 54.6 Å². The monoisotopic (exact) mass is 362 g/mol. The minimum absolute atomic E-state index is 0.0889. The van der Waals surface area contributed by atoms with Gasteiger partial charge in [-0.1, -0.05) is 48.9 Å². The van der Waals surface area contributed by atoms with Crippen molar-refractivity contribution >= 4 is 28.9 Å². The molecule has 0 bridgehead atoms. The molecule has 27 heavy (non-hydrogen) atoms. The van der Waals surface area contributed by atoms with Gasteiger partial charge in [-0.25, -0.2) is 4.98 Å². The first-order chi connectivity index (χ1) is 13.1. The number of nitrogens with one attached hydrogen (secondary N) is 2. The Morgan fingerprint density at radius 1 is 1.11 bits per heavy atom. The highest BCUT2D eigenvalue weighted by atomic mass is 16.2. The van der Waals surface area contributed by atoms with E-state index in [0.29, 0.717) is 6.42 Å². The van der Waals surface area contributed by atoms with Gasteiger partial charge in [-0.3, -0.25) is 20.4 Å². The zero-order valence-corrected chi connectivity index (χ0v) is 15.4. The summed E-state index contributed by atoms with van der Waals surface area (Å²) in [6.45, 7) is 4.07. The molecule has 6 nitrogen and oxygen atoms in total. The summed E-state index contributed by atoms with van der Waals surface area (Å²) in [6.07, 6.45) is 3.81. The summed E-state index contributed by atoms with van der Waals surface area (Å²) in [7, 11) is 0. The minimum atomic E-state index is -0.393. The van der Waals surface area contributed by atoms with E-state index in [0.717, 1.165) is 28.0 Å². The van der Waals surface area contributed by atoms with E-state index in [1.54, 1.807) is 6.08 Å². The lowest BCUT2D eigenvalue weighted by atomic mass is 10.1. The average molecular weight is 362 g/mol. The molecular weight excluding hydrogens is 340 g/mol. The molecular formula is C21H22N4O2. The normalized spacial score (nSPS) is 11.0. The second-order valence-electron chi connectivity index (χ2n) is 6.24. The number of para-hydroxylation sites is 2. The zero-order valence-electron chi connectivity index (χ0n) is 15.4. The molecule has 1 aromatic heterocycles. The number of rotatable bonds is 5. The van der Waals surface area contributed by atoms with E-state index in [2.05, 4.69) is 15.8 Å². The molecule has 0 atom stereocenters. The van der Waals surface area contributed by atoms with Crippen LogP contribution in [0.2, 0.25) is 0 Å². The molecule has 0 saturated carbocycles. The van der Waals surface area contributed by atoms with E-state index in [1.807, 2.05) is 66.9 Å². The van der Waals surface area contributed by atoms with Gasteiger partial charge in [0.05, 0.1) is 11.0 Å². The van der Waals surface area contributed by atoms with Crippen molar-refractivity contribution in [2.45, 2.75) is 26.8 Å². The van der Waals surface area contributed by atoms with Crippen molar-refractivity contribution in [1.29, 1.82) is 0 Å². The Labute approximate surface area is 157 Å². The van der Waals surface area contributed by atoms with E-state index in [-0.39, 0.29) is 12.5 Å². The number of hydrogen-bond acceptors (Lipinski definition) is 3. The zero-order chi connectivity index (χ0) is 19.2. The van der Waals surface area contributed by atoms with Crippen LogP contribution in [0.5, 0.6) is 0 Å². The van der Waals surface area contributed by atoms with Gasteiger partial charge in [0.2, 0.25) is 0 Å². The number of aromatic nitrogens is 2. The van der Waals surface area contributed by atoms with Crippen LogP contribution in [0.1, 0.15) is 23.9 Å². The highest BCUT2D eigenvalue weighted by Gasteiger charge is 2.12. The van der Waals surface area contributed by atoms with Crippen LogP contribution < -0.4 is 10.9 Å². The summed E-state index contributed by atoms with van der Waals surface area (Å²) in [5.41, 5.74) is 8.65. The lowest BCUT2D eigenvalue weighted by Crippen LogP contribution is -2.42. The van der Waals surface area contributed by atoms with E-state index in [9.17, 15) is 9.59 Å². The third-order valence-electron chi connectivity index (χ3n) is 4.15. The number of imidazole rings is 1. The van der Waals surface area contributed by atoms with Crippen LogP contribution in [0.25, 0.3) is 17.1 Å². The third kappa shape index (κ3) is 4.61. The molecule has 1 heterocycles. The lowest BCUT2D eigenvalue weighted by molar-refractivity contribution is -0.127. The Morgan fingerprint density at radius 3 is 2.70 bits per heavy atom. The minimum Gasteiger partial charge on any atom is -0.318 e. The summed E-state index contributed by atoms with van der Waals surface area (Å²) < 4.78 is 1.86. The van der Waals surface area contributed by atoms with Crippen LogP contribution in [0.3, 0.4) is 0 Å². The molecule has 138 valence electrons. The fourth-order valence-corrected chi connectivity index (χ4v) is 2.87. The molecule has 2 amide bonds. The summed E-state index contributed by atoms with van der Waals surface area (Å²) in [5, 5.41) is 0. The molecule has 3 rings (SSSR count). The fraction of sp³-hybridized carbons (Fsp3) is 0.190. The molecule has 0 aliphatic heterocycles. The highest BCUT2D eigenvalue weighted by molar-refractivity contribution is 5.93. The van der Waals surface area contributed by atoms with Crippen molar-refractivity contribution in [2.75, 3.05) is 0 Å². The van der Waals surface area contributed by atoms with Crippen molar-refractivity contribution in [1.82, 2.24) is 20.4 Å². The first-order valence-corrected chi connectivity index (χ1v) is 8.84. The van der Waals surface area contributed by atoms with Crippen LogP contribution >= 0.6 is 0 Å². The number of fused-ring (bicyclic) bond motifs is 1. The molecule has 3 aromatic rings. The van der Waals surface area contributed by atoms with Gasteiger partial charge in [-0.15, -0.1) is 0 Å². The van der Waals surface area contributed by atoms with Gasteiger partial charge >= 0.3 is 0 Å². The number of amides is 2. The number of hydrogen-bond donors (Lipinski definition) is 2. The number of carbonyl (C=O) groups is 2. The predicted octanol–water partition coefficient (Wildman–Crippen LogP) is 2.77. The Hall–Kier alpha value is -3.41. The van der Waals surface area contributed by atoms with Gasteiger partial charge in [-0.2, -0.15) is 0 Å². The second-order valence-corrected chi connectivity index (χ2v) is 6.24. The van der Waals surface area contributed by atoms with Crippen molar-refractivity contribution < 1.29 is 9.59 Å². The summed E-state index contributed by atoms with van der Waals surface area (Å²) >= 11 is 0. The van der Waals surface area contributed by atoms with Crippen molar-refractivity contribution in [2.24, 2.45) is 0 Å². The van der Waals surface area contributed by atoms with Crippen LogP contribution in [0.4, 0.5) is 0 Å². The molecule has 0 saturated heterocycles. The smallest absolute Gasteiger partial charge is 0.262 e. The fourth-order valence-electron chi connectivity index (χ4n) is 2.87. The Morgan fingerprint density at radius 2 is 1.93 bits per heavy atom. The van der Waals surface area contributed by atoms with Gasteiger partial charge in [-0.05, 0) is 30.7 Å². The van der Waals surface area contributed by atoms with Crippen molar-refractivity contribution in [3.63, 3.8) is 0 Å². The maximum atomic E-state index is 12.2. The summed E-state index contributed by atoms with van der Waals surface area (Å²) in [6, 6.07) is 15.5. The SMILES string of the molecule is CCc1nc2ccccc2n1CC(=O)NNC(=O)/C=C/c1cccc(C)c1. The van der Waals surface area contributed by atoms with Gasteiger partial charge in [0, 0.05) is 12.5 Å². The van der Waals surface area contributed by atoms with Gasteiger partial charge < -0.3 is 4.57 Å². The van der Waals surface area contributed by atoms with Gasteiger partial charge in [0.1, 0.15) is 12.4 Å². The lowest BCUT2D eigenvalue weighted by Gasteiger charge is -2.09. The molecule has 0 unspecified atom stereocenters. The first kappa shape index (κ1) is 18.4.